The molecular weight excluding hydrogens is 541 g/mol. The van der Waals surface area contributed by atoms with E-state index in [1.54, 1.807) is 18.2 Å². The van der Waals surface area contributed by atoms with E-state index in [0.29, 0.717) is 33.2 Å². The van der Waals surface area contributed by atoms with Crippen molar-refractivity contribution in [2.45, 2.75) is 6.36 Å². The molecule has 4 aromatic carbocycles. The largest absolute Gasteiger partial charge is 0.573 e. The molecule has 0 aliphatic carbocycles. The first-order valence-corrected chi connectivity index (χ1v) is 12.4. The van der Waals surface area contributed by atoms with Crippen LogP contribution in [0, 0.1) is 0 Å². The lowest BCUT2D eigenvalue weighted by atomic mass is 10.0. The highest BCUT2D eigenvalue weighted by Crippen LogP contribution is 2.34. The maximum absolute atomic E-state index is 12.6. The molecule has 0 amide bonds. The van der Waals surface area contributed by atoms with Gasteiger partial charge in [-0.3, -0.25) is 4.98 Å². The molecule has 40 heavy (non-hydrogen) atoms. The Morgan fingerprint density at radius 3 is 2.20 bits per heavy atom. The zero-order valence-electron chi connectivity index (χ0n) is 20.5. The van der Waals surface area contributed by atoms with Crippen LogP contribution in [-0.4, -0.2) is 21.5 Å². The van der Waals surface area contributed by atoms with Crippen LogP contribution < -0.4 is 14.8 Å². The van der Waals surface area contributed by atoms with E-state index in [1.165, 1.54) is 24.4 Å². The summed E-state index contributed by atoms with van der Waals surface area (Å²) in [7, 11) is 0. The number of hydrogen-bond acceptors (Lipinski definition) is 6. The second kappa shape index (κ2) is 10.3. The lowest BCUT2D eigenvalue weighted by Crippen LogP contribution is -2.17. The third-order valence-electron chi connectivity index (χ3n) is 6.06. The third-order valence-corrected chi connectivity index (χ3v) is 6.31. The van der Waals surface area contributed by atoms with Crippen molar-refractivity contribution in [1.82, 2.24) is 15.2 Å². The van der Waals surface area contributed by atoms with Gasteiger partial charge >= 0.3 is 6.36 Å². The van der Waals surface area contributed by atoms with Crippen LogP contribution in [0.5, 0.6) is 17.2 Å². The number of anilines is 2. The summed E-state index contributed by atoms with van der Waals surface area (Å²) in [5.41, 5.74) is 2.74. The summed E-state index contributed by atoms with van der Waals surface area (Å²) < 4.78 is 47.7. The Hall–Kier alpha value is -4.89. The van der Waals surface area contributed by atoms with Gasteiger partial charge in [-0.25, -0.2) is 0 Å². The average Bonchev–Trinajstić information content (AvgIpc) is 2.94. The number of aromatic nitrogens is 3. The SMILES string of the molecule is FC(F)(F)Oc1ccc2c(Oc3ccc(Nc4nnc(-c5ccc(Cl)cc5)c5ccccc45)cc3)ccnc2c1. The van der Waals surface area contributed by atoms with Gasteiger partial charge in [0, 0.05) is 44.7 Å². The molecule has 2 aromatic heterocycles. The zero-order valence-corrected chi connectivity index (χ0v) is 21.2. The summed E-state index contributed by atoms with van der Waals surface area (Å²) >= 11 is 6.04. The summed E-state index contributed by atoms with van der Waals surface area (Å²) in [6.07, 6.45) is -3.32. The van der Waals surface area contributed by atoms with E-state index in [2.05, 4.69) is 25.2 Å². The fraction of sp³-hybridized carbons (Fsp3) is 0.0333. The first-order chi connectivity index (χ1) is 19.3. The molecule has 0 atom stereocenters. The summed E-state index contributed by atoms with van der Waals surface area (Å²) in [6, 6.07) is 28.1. The minimum atomic E-state index is -4.78. The second-order valence-corrected chi connectivity index (χ2v) is 9.17. The van der Waals surface area contributed by atoms with E-state index in [0.717, 1.165) is 27.7 Å². The van der Waals surface area contributed by atoms with E-state index >= 15 is 0 Å². The lowest BCUT2D eigenvalue weighted by molar-refractivity contribution is -0.274. The average molecular weight is 559 g/mol. The van der Waals surface area contributed by atoms with Crippen molar-refractivity contribution in [2.75, 3.05) is 5.32 Å². The summed E-state index contributed by atoms with van der Waals surface area (Å²) in [6.45, 7) is 0. The Balaban J connectivity index is 1.23. The molecule has 0 radical (unpaired) electrons. The standard InChI is InChI=1S/C30H18ClF3N4O2/c31-19-7-5-18(6-8-19)28-23-3-1-2-4-24(23)29(38-37-28)36-20-9-11-21(12-10-20)39-27-15-16-35-26-17-22(13-14-25(26)27)40-30(32,33)34/h1-17H,(H,36,38). The molecule has 0 spiro atoms. The van der Waals surface area contributed by atoms with Crippen molar-refractivity contribution >= 4 is 44.8 Å². The number of hydrogen-bond donors (Lipinski definition) is 1. The predicted octanol–water partition coefficient (Wildman–Crippen LogP) is 8.93. The molecule has 0 unspecified atom stereocenters. The number of ether oxygens (including phenoxy) is 2. The predicted molar refractivity (Wildman–Crippen MR) is 148 cm³/mol. The number of pyridine rings is 1. The van der Waals surface area contributed by atoms with Gasteiger partial charge in [-0.15, -0.1) is 23.4 Å². The molecule has 0 bridgehead atoms. The van der Waals surface area contributed by atoms with Crippen molar-refractivity contribution in [3.8, 4) is 28.5 Å². The fourth-order valence-corrected chi connectivity index (χ4v) is 4.40. The minimum absolute atomic E-state index is 0.310. The number of alkyl halides is 3. The monoisotopic (exact) mass is 558 g/mol. The lowest BCUT2D eigenvalue weighted by Gasteiger charge is -2.13. The van der Waals surface area contributed by atoms with Gasteiger partial charge in [0.2, 0.25) is 0 Å². The molecule has 198 valence electrons. The van der Waals surface area contributed by atoms with Gasteiger partial charge in [0.05, 0.1) is 5.52 Å². The summed E-state index contributed by atoms with van der Waals surface area (Å²) in [4.78, 5) is 4.13. The number of fused-ring (bicyclic) bond motifs is 2. The first-order valence-electron chi connectivity index (χ1n) is 12.0. The number of nitrogens with one attached hydrogen (secondary N) is 1. The van der Waals surface area contributed by atoms with Gasteiger partial charge in [-0.05, 0) is 54.6 Å². The normalized spacial score (nSPS) is 11.5. The second-order valence-electron chi connectivity index (χ2n) is 8.74. The van der Waals surface area contributed by atoms with Crippen LogP contribution in [0.1, 0.15) is 0 Å². The molecule has 0 aliphatic heterocycles. The van der Waals surface area contributed by atoms with Crippen LogP contribution in [0.4, 0.5) is 24.7 Å². The molecule has 2 heterocycles. The highest BCUT2D eigenvalue weighted by Gasteiger charge is 2.31. The van der Waals surface area contributed by atoms with E-state index in [9.17, 15) is 13.2 Å². The quantitative estimate of drug-likeness (QED) is 0.220. The molecule has 0 saturated carbocycles. The maximum atomic E-state index is 12.6. The summed E-state index contributed by atoms with van der Waals surface area (Å²) in [5.74, 6) is 1.22. The zero-order chi connectivity index (χ0) is 27.7. The Kier molecular flexibility index (Phi) is 6.57. The molecule has 0 saturated heterocycles. The van der Waals surface area contributed by atoms with Crippen LogP contribution in [0.3, 0.4) is 0 Å². The Bertz CT molecular complexity index is 1830. The Morgan fingerprint density at radius 2 is 1.45 bits per heavy atom. The molecule has 10 heteroatoms. The van der Waals surface area contributed by atoms with Gasteiger partial charge in [0.1, 0.15) is 22.9 Å². The van der Waals surface area contributed by atoms with Gasteiger partial charge in [0.25, 0.3) is 0 Å². The van der Waals surface area contributed by atoms with Crippen LogP contribution in [0.25, 0.3) is 32.9 Å². The van der Waals surface area contributed by atoms with E-state index < -0.39 is 6.36 Å². The molecule has 6 aromatic rings. The van der Waals surface area contributed by atoms with E-state index in [1.807, 2.05) is 60.7 Å². The fourth-order valence-electron chi connectivity index (χ4n) is 4.27. The van der Waals surface area contributed by atoms with Crippen molar-refractivity contribution in [1.29, 1.82) is 0 Å². The van der Waals surface area contributed by atoms with Crippen LogP contribution in [0.15, 0.2) is 103 Å². The topological polar surface area (TPSA) is 69.2 Å². The number of nitrogens with zero attached hydrogens (tertiary/aromatic N) is 3. The van der Waals surface area contributed by atoms with Gasteiger partial charge in [0.15, 0.2) is 5.82 Å². The minimum Gasteiger partial charge on any atom is -0.457 e. The maximum Gasteiger partial charge on any atom is 0.573 e. The molecule has 1 N–H and O–H groups in total. The third kappa shape index (κ3) is 5.45. The van der Waals surface area contributed by atoms with E-state index in [-0.39, 0.29) is 5.75 Å². The smallest absolute Gasteiger partial charge is 0.457 e. The Morgan fingerprint density at radius 1 is 0.725 bits per heavy atom. The van der Waals surface area contributed by atoms with Crippen molar-refractivity contribution < 1.29 is 22.6 Å². The van der Waals surface area contributed by atoms with E-state index in [4.69, 9.17) is 16.3 Å². The van der Waals surface area contributed by atoms with Crippen molar-refractivity contribution in [3.63, 3.8) is 0 Å². The number of halogens is 4. The van der Waals surface area contributed by atoms with Crippen molar-refractivity contribution in [2.24, 2.45) is 0 Å². The molecule has 0 aliphatic rings. The number of rotatable bonds is 6. The highest BCUT2D eigenvalue weighted by molar-refractivity contribution is 6.30. The van der Waals surface area contributed by atoms with Crippen LogP contribution in [-0.2, 0) is 0 Å². The van der Waals surface area contributed by atoms with Crippen LogP contribution >= 0.6 is 11.6 Å². The van der Waals surface area contributed by atoms with Crippen LogP contribution in [0.2, 0.25) is 5.02 Å². The molecular formula is C30H18ClF3N4O2. The first kappa shape index (κ1) is 25.4. The van der Waals surface area contributed by atoms with Gasteiger partial charge < -0.3 is 14.8 Å². The number of benzene rings is 4. The van der Waals surface area contributed by atoms with Gasteiger partial charge in [-0.2, -0.15) is 0 Å². The molecule has 6 rings (SSSR count). The van der Waals surface area contributed by atoms with Gasteiger partial charge in [-0.1, -0.05) is 48.0 Å². The van der Waals surface area contributed by atoms with Crippen molar-refractivity contribution in [3.05, 3.63) is 108 Å². The molecule has 6 nitrogen and oxygen atoms in total. The highest BCUT2D eigenvalue weighted by atomic mass is 35.5. The molecule has 0 fully saturated rings. The Labute approximate surface area is 231 Å². The summed E-state index contributed by atoms with van der Waals surface area (Å²) in [5, 5.41) is 15.3.